The number of benzene rings is 2. The lowest BCUT2D eigenvalue weighted by Gasteiger charge is -2.10. The van der Waals surface area contributed by atoms with Crippen LogP contribution in [0.1, 0.15) is 17.3 Å². The number of nitrogens with two attached hydrogens (primary N) is 1. The number of para-hydroxylation sites is 2. The van der Waals surface area contributed by atoms with E-state index in [2.05, 4.69) is 20.8 Å². The molecule has 10 heteroatoms. The summed E-state index contributed by atoms with van der Waals surface area (Å²) in [6.07, 6.45) is 0. The second-order valence-electron chi connectivity index (χ2n) is 5.55. The van der Waals surface area contributed by atoms with Crippen LogP contribution in [0.25, 0.3) is 5.69 Å². The summed E-state index contributed by atoms with van der Waals surface area (Å²) in [5.74, 6) is 0.00424. The number of primary amides is 1. The largest absolute Gasteiger partial charge is 0.492 e. The molecule has 1 aromatic heterocycles. The molecule has 0 fully saturated rings. The lowest BCUT2D eigenvalue weighted by Crippen LogP contribution is -2.15. The van der Waals surface area contributed by atoms with Crippen molar-refractivity contribution in [3.05, 3.63) is 54.1 Å². The minimum absolute atomic E-state index is 0.106. The summed E-state index contributed by atoms with van der Waals surface area (Å²) in [6.45, 7) is 2.41. The van der Waals surface area contributed by atoms with Crippen LogP contribution in [0.4, 0.5) is 5.69 Å². The lowest BCUT2D eigenvalue weighted by atomic mass is 10.2. The number of anilines is 1. The normalized spacial score (nSPS) is 10.5. The number of thioether (sulfide) groups is 1. The highest BCUT2D eigenvalue weighted by Crippen LogP contribution is 2.26. The van der Waals surface area contributed by atoms with Gasteiger partial charge in [0.2, 0.25) is 17.0 Å². The van der Waals surface area contributed by atoms with E-state index in [4.69, 9.17) is 10.5 Å². The van der Waals surface area contributed by atoms with Gasteiger partial charge in [-0.15, -0.1) is 5.10 Å². The van der Waals surface area contributed by atoms with E-state index in [-0.39, 0.29) is 11.7 Å². The molecular formula is C18H18N6O3S. The van der Waals surface area contributed by atoms with Crippen LogP contribution in [0.2, 0.25) is 0 Å². The van der Waals surface area contributed by atoms with Crippen molar-refractivity contribution in [2.24, 2.45) is 5.73 Å². The number of hydrogen-bond acceptors (Lipinski definition) is 7. The van der Waals surface area contributed by atoms with Gasteiger partial charge < -0.3 is 15.8 Å². The smallest absolute Gasteiger partial charge is 0.248 e. The molecule has 1 heterocycles. The monoisotopic (exact) mass is 398 g/mol. The molecule has 0 saturated heterocycles. The van der Waals surface area contributed by atoms with Crippen LogP contribution < -0.4 is 15.8 Å². The van der Waals surface area contributed by atoms with Gasteiger partial charge in [-0.05, 0) is 53.7 Å². The molecule has 3 N–H and O–H groups in total. The minimum Gasteiger partial charge on any atom is -0.492 e. The summed E-state index contributed by atoms with van der Waals surface area (Å²) >= 11 is 1.20. The van der Waals surface area contributed by atoms with Gasteiger partial charge in [0.15, 0.2) is 0 Å². The third-order valence-corrected chi connectivity index (χ3v) is 4.54. The summed E-state index contributed by atoms with van der Waals surface area (Å²) in [5, 5.41) is 14.9. The minimum atomic E-state index is -0.521. The zero-order valence-corrected chi connectivity index (χ0v) is 15.8. The second-order valence-corrected chi connectivity index (χ2v) is 6.49. The summed E-state index contributed by atoms with van der Waals surface area (Å²) in [7, 11) is 0. The van der Waals surface area contributed by atoms with E-state index in [1.54, 1.807) is 24.3 Å². The van der Waals surface area contributed by atoms with Crippen LogP contribution in [0, 0.1) is 0 Å². The Hall–Kier alpha value is -3.40. The van der Waals surface area contributed by atoms with E-state index in [1.807, 2.05) is 31.2 Å². The Morgan fingerprint density at radius 1 is 1.18 bits per heavy atom. The molecular weight excluding hydrogens is 380 g/mol. The molecule has 0 unspecified atom stereocenters. The van der Waals surface area contributed by atoms with Gasteiger partial charge in [0.25, 0.3) is 0 Å². The fourth-order valence-corrected chi connectivity index (χ4v) is 3.06. The average molecular weight is 398 g/mol. The Morgan fingerprint density at radius 3 is 2.64 bits per heavy atom. The van der Waals surface area contributed by atoms with Crippen LogP contribution in [-0.4, -0.2) is 44.4 Å². The molecule has 0 radical (unpaired) electrons. The highest BCUT2D eigenvalue weighted by Gasteiger charge is 2.15. The quantitative estimate of drug-likeness (QED) is 0.555. The number of nitrogens with zero attached hydrogens (tertiary/aromatic N) is 4. The van der Waals surface area contributed by atoms with Gasteiger partial charge in [-0.3, -0.25) is 9.59 Å². The summed E-state index contributed by atoms with van der Waals surface area (Å²) in [5.41, 5.74) is 6.83. The molecule has 144 valence electrons. The van der Waals surface area contributed by atoms with Crippen molar-refractivity contribution < 1.29 is 14.3 Å². The molecule has 0 bridgehead atoms. The van der Waals surface area contributed by atoms with Crippen molar-refractivity contribution in [2.45, 2.75) is 12.1 Å². The standard InChI is InChI=1S/C18H18N6O3S/c1-2-27-15-6-4-3-5-14(15)24-18(21-22-23-24)28-11-16(25)20-13-9-7-12(8-10-13)17(19)26/h3-10H,2,11H2,1H3,(H2,19,26)(H,20,25). The SMILES string of the molecule is CCOc1ccccc1-n1nnnc1SCC(=O)Nc1ccc(C(N)=O)cc1. The van der Waals surface area contributed by atoms with Gasteiger partial charge in [-0.1, -0.05) is 23.9 Å². The Kier molecular flexibility index (Phi) is 6.22. The highest BCUT2D eigenvalue weighted by molar-refractivity contribution is 7.99. The Balaban J connectivity index is 1.65. The summed E-state index contributed by atoms with van der Waals surface area (Å²) in [6, 6.07) is 13.7. The number of carbonyl (C=O) groups excluding carboxylic acids is 2. The number of hydrogen-bond donors (Lipinski definition) is 2. The van der Waals surface area contributed by atoms with Gasteiger partial charge >= 0.3 is 0 Å². The third kappa shape index (κ3) is 4.65. The third-order valence-electron chi connectivity index (χ3n) is 3.62. The summed E-state index contributed by atoms with van der Waals surface area (Å²) in [4.78, 5) is 23.3. The Bertz CT molecular complexity index is 973. The van der Waals surface area contributed by atoms with Gasteiger partial charge in [-0.25, -0.2) is 0 Å². The fraction of sp³-hybridized carbons (Fsp3) is 0.167. The van der Waals surface area contributed by atoms with E-state index in [0.29, 0.717) is 34.5 Å². The van der Waals surface area contributed by atoms with E-state index in [1.165, 1.54) is 16.4 Å². The molecule has 0 atom stereocenters. The van der Waals surface area contributed by atoms with Crippen LogP contribution in [0.3, 0.4) is 0 Å². The predicted octanol–water partition coefficient (Wildman–Crippen LogP) is 1.89. The van der Waals surface area contributed by atoms with Gasteiger partial charge in [-0.2, -0.15) is 4.68 Å². The topological polar surface area (TPSA) is 125 Å². The van der Waals surface area contributed by atoms with Crippen LogP contribution in [0.15, 0.2) is 53.7 Å². The van der Waals surface area contributed by atoms with Crippen molar-refractivity contribution >= 4 is 29.3 Å². The zero-order chi connectivity index (χ0) is 19.9. The predicted molar refractivity (Wildman–Crippen MR) is 105 cm³/mol. The number of tetrazole rings is 1. The van der Waals surface area contributed by atoms with Crippen LogP contribution >= 0.6 is 11.8 Å². The van der Waals surface area contributed by atoms with E-state index in [9.17, 15) is 9.59 Å². The Morgan fingerprint density at radius 2 is 1.93 bits per heavy atom. The zero-order valence-electron chi connectivity index (χ0n) is 15.0. The molecule has 3 rings (SSSR count). The number of amides is 2. The molecule has 0 aliphatic rings. The molecule has 2 aromatic carbocycles. The van der Waals surface area contributed by atoms with Crippen LogP contribution in [0.5, 0.6) is 5.75 Å². The Labute approximate surface area is 165 Å². The number of aromatic nitrogens is 4. The number of rotatable bonds is 8. The molecule has 0 aliphatic heterocycles. The van der Waals surface area contributed by atoms with Gasteiger partial charge in [0, 0.05) is 11.3 Å². The molecule has 0 spiro atoms. The maximum atomic E-state index is 12.2. The second kappa shape index (κ2) is 9.00. The average Bonchev–Trinajstić information content (AvgIpc) is 3.16. The van der Waals surface area contributed by atoms with Crippen molar-refractivity contribution in [1.82, 2.24) is 20.2 Å². The van der Waals surface area contributed by atoms with Crippen LogP contribution in [-0.2, 0) is 4.79 Å². The molecule has 28 heavy (non-hydrogen) atoms. The van der Waals surface area contributed by atoms with E-state index >= 15 is 0 Å². The first kappa shape index (κ1) is 19.4. The molecule has 3 aromatic rings. The first-order valence-electron chi connectivity index (χ1n) is 8.41. The van der Waals surface area contributed by atoms with Crippen molar-refractivity contribution in [3.63, 3.8) is 0 Å². The molecule has 0 saturated carbocycles. The first-order valence-corrected chi connectivity index (χ1v) is 9.40. The fourth-order valence-electron chi connectivity index (χ4n) is 2.37. The highest BCUT2D eigenvalue weighted by atomic mass is 32.2. The number of ether oxygens (including phenoxy) is 1. The maximum absolute atomic E-state index is 12.2. The molecule has 0 aliphatic carbocycles. The molecule has 9 nitrogen and oxygen atoms in total. The first-order chi connectivity index (χ1) is 13.6. The molecule has 2 amide bonds. The summed E-state index contributed by atoms with van der Waals surface area (Å²) < 4.78 is 7.14. The van der Waals surface area contributed by atoms with Crippen molar-refractivity contribution in [2.75, 3.05) is 17.7 Å². The number of nitrogens with one attached hydrogen (secondary N) is 1. The van der Waals surface area contributed by atoms with E-state index in [0.717, 1.165) is 0 Å². The van der Waals surface area contributed by atoms with Gasteiger partial charge in [0.05, 0.1) is 12.4 Å². The van der Waals surface area contributed by atoms with Gasteiger partial charge in [0.1, 0.15) is 11.4 Å². The van der Waals surface area contributed by atoms with Crippen molar-refractivity contribution in [1.29, 1.82) is 0 Å². The van der Waals surface area contributed by atoms with E-state index < -0.39 is 5.91 Å². The van der Waals surface area contributed by atoms with Crippen molar-refractivity contribution in [3.8, 4) is 11.4 Å². The lowest BCUT2D eigenvalue weighted by molar-refractivity contribution is -0.113. The maximum Gasteiger partial charge on any atom is 0.248 e. The number of carbonyl (C=O) groups is 2.